The lowest BCUT2D eigenvalue weighted by atomic mass is 9.85. The summed E-state index contributed by atoms with van der Waals surface area (Å²) in [5, 5.41) is 0. The SMILES string of the molecule is COC(N=C(c1ccccc1)C(C)(C)C)c1ccc(C(C)C)cc1. The third kappa shape index (κ3) is 4.55. The molecule has 0 spiro atoms. The highest BCUT2D eigenvalue weighted by atomic mass is 16.5. The minimum absolute atomic E-state index is 0.0595. The van der Waals surface area contributed by atoms with Gasteiger partial charge in [0.2, 0.25) is 0 Å². The monoisotopic (exact) mass is 323 g/mol. The highest BCUT2D eigenvalue weighted by Gasteiger charge is 2.23. The van der Waals surface area contributed by atoms with Crippen LogP contribution in [0.1, 0.15) is 63.5 Å². The van der Waals surface area contributed by atoms with Crippen molar-refractivity contribution in [2.75, 3.05) is 7.11 Å². The van der Waals surface area contributed by atoms with Crippen LogP contribution in [0.3, 0.4) is 0 Å². The molecule has 0 aromatic heterocycles. The predicted molar refractivity (Wildman–Crippen MR) is 103 cm³/mol. The van der Waals surface area contributed by atoms with Crippen molar-refractivity contribution in [2.45, 2.75) is 46.8 Å². The number of methoxy groups -OCH3 is 1. The van der Waals surface area contributed by atoms with Gasteiger partial charge in [0.1, 0.15) is 0 Å². The highest BCUT2D eigenvalue weighted by molar-refractivity contribution is 6.04. The standard InChI is InChI=1S/C22H29NO/c1-16(2)17-12-14-19(15-13-17)21(24-6)23-20(22(3,4)5)18-10-8-7-9-11-18/h7-16,21H,1-6H3. The van der Waals surface area contributed by atoms with E-state index in [1.807, 2.05) is 6.07 Å². The van der Waals surface area contributed by atoms with Crippen LogP contribution in [0.15, 0.2) is 59.6 Å². The topological polar surface area (TPSA) is 21.6 Å². The molecule has 0 amide bonds. The Morgan fingerprint density at radius 3 is 1.88 bits per heavy atom. The van der Waals surface area contributed by atoms with Gasteiger partial charge in [0.15, 0.2) is 6.23 Å². The van der Waals surface area contributed by atoms with E-state index < -0.39 is 0 Å². The molecule has 0 aliphatic rings. The average molecular weight is 323 g/mol. The molecular formula is C22H29NO. The van der Waals surface area contributed by atoms with Crippen LogP contribution in [-0.2, 0) is 4.74 Å². The van der Waals surface area contributed by atoms with Gasteiger partial charge in [0.25, 0.3) is 0 Å². The fourth-order valence-corrected chi connectivity index (χ4v) is 2.72. The molecule has 0 saturated carbocycles. The van der Waals surface area contributed by atoms with Gasteiger partial charge in [0.05, 0.1) is 5.71 Å². The highest BCUT2D eigenvalue weighted by Crippen LogP contribution is 2.28. The molecule has 2 heteroatoms. The van der Waals surface area contributed by atoms with E-state index in [0.717, 1.165) is 16.8 Å². The van der Waals surface area contributed by atoms with Crippen LogP contribution in [0.5, 0.6) is 0 Å². The summed E-state index contributed by atoms with van der Waals surface area (Å²) in [6, 6.07) is 18.9. The minimum Gasteiger partial charge on any atom is -0.355 e. The summed E-state index contributed by atoms with van der Waals surface area (Å²) >= 11 is 0. The van der Waals surface area contributed by atoms with E-state index in [9.17, 15) is 0 Å². The molecule has 24 heavy (non-hydrogen) atoms. The van der Waals surface area contributed by atoms with Gasteiger partial charge >= 0.3 is 0 Å². The second-order valence-corrected chi connectivity index (χ2v) is 7.50. The van der Waals surface area contributed by atoms with E-state index >= 15 is 0 Å². The van der Waals surface area contributed by atoms with Gasteiger partial charge in [-0.3, -0.25) is 4.99 Å². The van der Waals surface area contributed by atoms with E-state index in [1.165, 1.54) is 5.56 Å². The van der Waals surface area contributed by atoms with Gasteiger partial charge in [-0.1, -0.05) is 89.2 Å². The van der Waals surface area contributed by atoms with E-state index in [2.05, 4.69) is 83.1 Å². The first-order valence-electron chi connectivity index (χ1n) is 8.59. The zero-order valence-corrected chi connectivity index (χ0v) is 15.7. The van der Waals surface area contributed by atoms with Gasteiger partial charge in [-0.15, -0.1) is 0 Å². The van der Waals surface area contributed by atoms with Gasteiger partial charge in [-0.25, -0.2) is 0 Å². The Kier molecular flexibility index (Phi) is 5.95. The molecule has 0 aliphatic carbocycles. The quantitative estimate of drug-likeness (QED) is 0.619. The Morgan fingerprint density at radius 1 is 0.875 bits per heavy atom. The van der Waals surface area contributed by atoms with E-state index in [1.54, 1.807) is 7.11 Å². The summed E-state index contributed by atoms with van der Waals surface area (Å²) in [6.45, 7) is 11.0. The first-order valence-corrected chi connectivity index (χ1v) is 8.59. The first kappa shape index (κ1) is 18.4. The zero-order chi connectivity index (χ0) is 17.7. The third-order valence-electron chi connectivity index (χ3n) is 4.12. The largest absolute Gasteiger partial charge is 0.355 e. The Morgan fingerprint density at radius 2 is 1.42 bits per heavy atom. The molecule has 128 valence electrons. The van der Waals surface area contributed by atoms with Crippen molar-refractivity contribution in [1.82, 2.24) is 0 Å². The Labute approximate surface area is 146 Å². The molecule has 0 bridgehead atoms. The average Bonchev–Trinajstić information content (AvgIpc) is 2.55. The summed E-state index contributed by atoms with van der Waals surface area (Å²) in [7, 11) is 1.72. The maximum absolute atomic E-state index is 5.70. The van der Waals surface area contributed by atoms with Crippen LogP contribution >= 0.6 is 0 Å². The lowest BCUT2D eigenvalue weighted by Gasteiger charge is -2.24. The molecule has 0 heterocycles. The van der Waals surface area contributed by atoms with Crippen molar-refractivity contribution >= 4 is 5.71 Å². The van der Waals surface area contributed by atoms with Gasteiger partial charge in [-0.2, -0.15) is 0 Å². The second kappa shape index (κ2) is 7.76. The van der Waals surface area contributed by atoms with Crippen LogP contribution in [0, 0.1) is 5.41 Å². The van der Waals surface area contributed by atoms with Crippen molar-refractivity contribution in [1.29, 1.82) is 0 Å². The van der Waals surface area contributed by atoms with E-state index in [0.29, 0.717) is 5.92 Å². The molecule has 0 radical (unpaired) electrons. The summed E-state index contributed by atoms with van der Waals surface area (Å²) in [4.78, 5) is 4.98. The fraction of sp³-hybridized carbons (Fsp3) is 0.409. The third-order valence-corrected chi connectivity index (χ3v) is 4.12. The molecule has 2 aromatic carbocycles. The van der Waals surface area contributed by atoms with Crippen LogP contribution in [0.2, 0.25) is 0 Å². The summed E-state index contributed by atoms with van der Waals surface area (Å²) in [5.41, 5.74) is 4.56. The van der Waals surface area contributed by atoms with E-state index in [-0.39, 0.29) is 11.6 Å². The molecule has 0 N–H and O–H groups in total. The molecule has 1 unspecified atom stereocenters. The Balaban J connectivity index is 2.41. The molecule has 0 fully saturated rings. The number of nitrogens with zero attached hydrogens (tertiary/aromatic N) is 1. The molecule has 1 atom stereocenters. The van der Waals surface area contributed by atoms with Gasteiger partial charge in [-0.05, 0) is 17.0 Å². The normalized spacial score (nSPS) is 14.0. The minimum atomic E-state index is -0.291. The van der Waals surface area contributed by atoms with Gasteiger partial charge in [0, 0.05) is 18.1 Å². The maximum Gasteiger partial charge on any atom is 0.174 e. The second-order valence-electron chi connectivity index (χ2n) is 7.50. The number of ether oxygens (including phenoxy) is 1. The number of hydrogen-bond acceptors (Lipinski definition) is 2. The fourth-order valence-electron chi connectivity index (χ4n) is 2.72. The smallest absolute Gasteiger partial charge is 0.174 e. The molecule has 2 nitrogen and oxygen atoms in total. The Bertz CT molecular complexity index is 663. The van der Waals surface area contributed by atoms with Gasteiger partial charge < -0.3 is 4.74 Å². The molecule has 0 aliphatic heterocycles. The van der Waals surface area contributed by atoms with Crippen LogP contribution < -0.4 is 0 Å². The summed E-state index contributed by atoms with van der Waals surface area (Å²) in [6.07, 6.45) is -0.291. The van der Waals surface area contributed by atoms with Crippen LogP contribution in [0.4, 0.5) is 0 Å². The number of aliphatic imine (C=N–C) groups is 1. The lowest BCUT2D eigenvalue weighted by molar-refractivity contribution is 0.110. The van der Waals surface area contributed by atoms with Crippen molar-refractivity contribution in [3.8, 4) is 0 Å². The van der Waals surface area contributed by atoms with Crippen LogP contribution in [-0.4, -0.2) is 12.8 Å². The lowest BCUT2D eigenvalue weighted by Crippen LogP contribution is -2.23. The Hall–Kier alpha value is -1.93. The van der Waals surface area contributed by atoms with E-state index in [4.69, 9.17) is 9.73 Å². The molecular weight excluding hydrogens is 294 g/mol. The maximum atomic E-state index is 5.70. The van der Waals surface area contributed by atoms with Crippen molar-refractivity contribution in [3.63, 3.8) is 0 Å². The molecule has 0 saturated heterocycles. The van der Waals surface area contributed by atoms with Crippen molar-refractivity contribution in [2.24, 2.45) is 10.4 Å². The zero-order valence-electron chi connectivity index (χ0n) is 15.7. The van der Waals surface area contributed by atoms with Crippen molar-refractivity contribution < 1.29 is 4.74 Å². The number of rotatable bonds is 5. The molecule has 2 rings (SSSR count). The number of hydrogen-bond donors (Lipinski definition) is 0. The summed E-state index contributed by atoms with van der Waals surface area (Å²) < 4.78 is 5.70. The number of benzene rings is 2. The van der Waals surface area contributed by atoms with Crippen molar-refractivity contribution in [3.05, 3.63) is 71.3 Å². The summed E-state index contributed by atoms with van der Waals surface area (Å²) in [5.74, 6) is 0.526. The molecule has 2 aromatic rings. The predicted octanol–water partition coefficient (Wildman–Crippen LogP) is 5.99. The first-order chi connectivity index (χ1) is 11.3. The van der Waals surface area contributed by atoms with Crippen LogP contribution in [0.25, 0.3) is 0 Å².